The molecule has 0 spiro atoms. The van der Waals surface area contributed by atoms with E-state index < -0.39 is 17.6 Å². The summed E-state index contributed by atoms with van der Waals surface area (Å²) in [6.45, 7) is -0.191. The van der Waals surface area contributed by atoms with Crippen LogP contribution in [0.5, 0.6) is 0 Å². The van der Waals surface area contributed by atoms with E-state index in [4.69, 9.17) is 0 Å². The van der Waals surface area contributed by atoms with Crippen LogP contribution in [0.15, 0.2) is 42.7 Å². The van der Waals surface area contributed by atoms with E-state index in [1.165, 1.54) is 11.0 Å². The highest BCUT2D eigenvalue weighted by molar-refractivity contribution is 6.11. The zero-order chi connectivity index (χ0) is 21.9. The normalized spacial score (nSPS) is 20.1. The molecular formula is C22H17F3N4O2. The van der Waals surface area contributed by atoms with Crippen LogP contribution in [-0.2, 0) is 19.8 Å². The molecule has 1 fully saturated rings. The molecule has 1 aromatic heterocycles. The number of anilines is 1. The minimum Gasteiger partial charge on any atom is -0.320 e. The van der Waals surface area contributed by atoms with Gasteiger partial charge in [0.05, 0.1) is 12.1 Å². The number of hydrogen-bond donors (Lipinski definition) is 0. The number of aromatic nitrogens is 3. The van der Waals surface area contributed by atoms with Crippen molar-refractivity contribution in [2.24, 2.45) is 7.05 Å². The zero-order valence-electron chi connectivity index (χ0n) is 16.4. The first kappa shape index (κ1) is 19.5. The summed E-state index contributed by atoms with van der Waals surface area (Å²) in [5.41, 5.74) is 0.243. The molecule has 0 saturated heterocycles. The highest BCUT2D eigenvalue weighted by Crippen LogP contribution is 2.54. The zero-order valence-corrected chi connectivity index (χ0v) is 16.4. The van der Waals surface area contributed by atoms with Crippen LogP contribution < -0.4 is 4.90 Å². The molecule has 0 radical (unpaired) electrons. The fourth-order valence-electron chi connectivity index (χ4n) is 4.36. The predicted octanol–water partition coefficient (Wildman–Crippen LogP) is 4.08. The second-order valence-electron chi connectivity index (χ2n) is 7.95. The molecule has 0 N–H and O–H groups in total. The first-order valence-electron chi connectivity index (χ1n) is 9.73. The van der Waals surface area contributed by atoms with E-state index in [0.29, 0.717) is 12.0 Å². The van der Waals surface area contributed by atoms with Gasteiger partial charge in [-0.25, -0.2) is 0 Å². The molecule has 0 bridgehead atoms. The number of carbonyl (C=O) groups is 2. The van der Waals surface area contributed by atoms with Crippen LogP contribution in [0.3, 0.4) is 0 Å². The third kappa shape index (κ3) is 3.20. The Bertz CT molecular complexity index is 1220. The van der Waals surface area contributed by atoms with Gasteiger partial charge in [0.2, 0.25) is 0 Å². The number of carbonyl (C=O) groups excluding carboxylic acids is 2. The molecule has 158 valence electrons. The van der Waals surface area contributed by atoms with Crippen molar-refractivity contribution in [3.63, 3.8) is 0 Å². The smallest absolute Gasteiger partial charge is 0.320 e. The maximum Gasteiger partial charge on any atom is 0.416 e. The van der Waals surface area contributed by atoms with E-state index in [1.807, 2.05) is 23.7 Å². The van der Waals surface area contributed by atoms with E-state index in [0.717, 1.165) is 23.9 Å². The van der Waals surface area contributed by atoms with Crippen molar-refractivity contribution in [2.75, 3.05) is 4.90 Å². The largest absolute Gasteiger partial charge is 0.416 e. The quantitative estimate of drug-likeness (QED) is 0.590. The maximum absolute atomic E-state index is 13.5. The van der Waals surface area contributed by atoms with Gasteiger partial charge in [0.25, 0.3) is 5.91 Å². The van der Waals surface area contributed by atoms with Gasteiger partial charge < -0.3 is 9.47 Å². The van der Waals surface area contributed by atoms with Crippen LogP contribution in [0.4, 0.5) is 18.9 Å². The highest BCUT2D eigenvalue weighted by atomic mass is 19.4. The summed E-state index contributed by atoms with van der Waals surface area (Å²) < 4.78 is 42.5. The Hall–Kier alpha value is -3.49. The van der Waals surface area contributed by atoms with Gasteiger partial charge in [-0.05, 0) is 47.7 Å². The van der Waals surface area contributed by atoms with E-state index in [2.05, 4.69) is 10.2 Å². The van der Waals surface area contributed by atoms with E-state index in [-0.39, 0.29) is 35.1 Å². The number of hydrogen-bond acceptors (Lipinski definition) is 4. The van der Waals surface area contributed by atoms with E-state index in [9.17, 15) is 22.8 Å². The van der Waals surface area contributed by atoms with Crippen molar-refractivity contribution in [1.29, 1.82) is 0 Å². The molecule has 6 nitrogen and oxygen atoms in total. The molecule has 2 aliphatic rings. The number of aldehydes is 1. The molecule has 31 heavy (non-hydrogen) atoms. The number of amides is 1. The number of benzene rings is 2. The van der Waals surface area contributed by atoms with Crippen molar-refractivity contribution in [1.82, 2.24) is 14.8 Å². The van der Waals surface area contributed by atoms with Crippen molar-refractivity contribution in [3.8, 4) is 0 Å². The fourth-order valence-corrected chi connectivity index (χ4v) is 4.36. The van der Waals surface area contributed by atoms with Crippen LogP contribution in [0.1, 0.15) is 61.5 Å². The Morgan fingerprint density at radius 2 is 1.97 bits per heavy atom. The molecule has 2 atom stereocenters. The lowest BCUT2D eigenvalue weighted by atomic mass is 9.99. The Morgan fingerprint density at radius 3 is 2.65 bits per heavy atom. The molecule has 2 heterocycles. The topological polar surface area (TPSA) is 68.1 Å². The van der Waals surface area contributed by atoms with E-state index in [1.54, 1.807) is 18.5 Å². The number of halogens is 3. The lowest BCUT2D eigenvalue weighted by Gasteiger charge is -2.17. The van der Waals surface area contributed by atoms with Gasteiger partial charge in [0.15, 0.2) is 0 Å². The van der Waals surface area contributed by atoms with Crippen molar-refractivity contribution in [3.05, 3.63) is 76.4 Å². The Labute approximate surface area is 175 Å². The number of alkyl halides is 3. The van der Waals surface area contributed by atoms with Gasteiger partial charge in [-0.1, -0.05) is 12.1 Å². The van der Waals surface area contributed by atoms with Gasteiger partial charge in [-0.2, -0.15) is 13.2 Å². The summed E-state index contributed by atoms with van der Waals surface area (Å²) in [7, 11) is 1.88. The third-order valence-corrected chi connectivity index (χ3v) is 5.98. The second-order valence-corrected chi connectivity index (χ2v) is 7.95. The summed E-state index contributed by atoms with van der Waals surface area (Å²) in [6.07, 6.45) is -1.79. The van der Waals surface area contributed by atoms with Crippen molar-refractivity contribution >= 4 is 17.9 Å². The SMILES string of the molecule is Cn1cnnc1C1CC1c1cccc(N2Cc3c(cc(C=O)cc3C(F)(F)F)C2=O)c1. The molecule has 2 unspecified atom stereocenters. The fraction of sp³-hybridized carbons (Fsp3) is 0.273. The van der Waals surface area contributed by atoms with Crippen molar-refractivity contribution in [2.45, 2.75) is 31.0 Å². The molecule has 1 aliphatic heterocycles. The number of rotatable bonds is 4. The van der Waals surface area contributed by atoms with Crippen LogP contribution in [0.2, 0.25) is 0 Å². The minimum absolute atomic E-state index is 0.0780. The summed E-state index contributed by atoms with van der Waals surface area (Å²) in [5.74, 6) is 0.787. The van der Waals surface area contributed by atoms with Gasteiger partial charge in [-0.15, -0.1) is 10.2 Å². The molecule has 2 aromatic carbocycles. The molecule has 3 aromatic rings. The first-order valence-corrected chi connectivity index (χ1v) is 9.73. The lowest BCUT2D eigenvalue weighted by molar-refractivity contribution is -0.138. The minimum atomic E-state index is -4.65. The second kappa shape index (κ2) is 6.76. The monoisotopic (exact) mass is 426 g/mol. The van der Waals surface area contributed by atoms with Gasteiger partial charge in [0.1, 0.15) is 18.4 Å². The average Bonchev–Trinajstić information content (AvgIpc) is 3.31. The van der Waals surface area contributed by atoms with Crippen molar-refractivity contribution < 1.29 is 22.8 Å². The third-order valence-electron chi connectivity index (χ3n) is 5.98. The van der Waals surface area contributed by atoms with Crippen LogP contribution >= 0.6 is 0 Å². The molecule has 5 rings (SSSR count). The Balaban J connectivity index is 1.47. The van der Waals surface area contributed by atoms with Crippen LogP contribution in [-0.4, -0.2) is 27.0 Å². The molecule has 1 saturated carbocycles. The standard InChI is InChI=1S/C22H17F3N4O2/c1-28-11-26-27-20(28)16-8-15(16)13-3-2-4-14(7-13)29-9-18-17(21(29)31)5-12(10-30)6-19(18)22(23,24)25/h2-7,10-11,15-16H,8-9H2,1H3. The number of aryl methyl sites for hydroxylation is 1. The summed E-state index contributed by atoms with van der Waals surface area (Å²) >= 11 is 0. The van der Waals surface area contributed by atoms with Crippen LogP contribution in [0.25, 0.3) is 0 Å². The van der Waals surface area contributed by atoms with Gasteiger partial charge in [-0.3, -0.25) is 9.59 Å². The Morgan fingerprint density at radius 1 is 1.16 bits per heavy atom. The summed E-state index contributed by atoms with van der Waals surface area (Å²) in [5, 5.41) is 8.07. The molecular weight excluding hydrogens is 409 g/mol. The first-order chi connectivity index (χ1) is 14.8. The number of nitrogens with zero attached hydrogens (tertiary/aromatic N) is 4. The molecule has 1 aliphatic carbocycles. The Kier molecular flexibility index (Phi) is 4.25. The van der Waals surface area contributed by atoms with Gasteiger partial charge in [0, 0.05) is 29.8 Å². The van der Waals surface area contributed by atoms with Crippen LogP contribution in [0, 0.1) is 0 Å². The lowest BCUT2D eigenvalue weighted by Crippen LogP contribution is -2.23. The average molecular weight is 426 g/mol. The highest BCUT2D eigenvalue weighted by Gasteiger charge is 2.43. The summed E-state index contributed by atoms with van der Waals surface area (Å²) in [4.78, 5) is 25.4. The van der Waals surface area contributed by atoms with E-state index >= 15 is 0 Å². The summed E-state index contributed by atoms with van der Waals surface area (Å²) in [6, 6.07) is 9.33. The molecule has 9 heteroatoms. The predicted molar refractivity (Wildman–Crippen MR) is 105 cm³/mol. The number of fused-ring (bicyclic) bond motifs is 1. The maximum atomic E-state index is 13.5. The molecule has 1 amide bonds. The van der Waals surface area contributed by atoms with Gasteiger partial charge >= 0.3 is 6.18 Å².